The number of carbonyl (C=O) groups is 1. The van der Waals surface area contributed by atoms with E-state index in [-0.39, 0.29) is 11.3 Å². The lowest BCUT2D eigenvalue weighted by Crippen LogP contribution is -2.27. The van der Waals surface area contributed by atoms with Crippen LogP contribution in [0.2, 0.25) is 0 Å². The van der Waals surface area contributed by atoms with Crippen molar-refractivity contribution in [3.8, 4) is 0 Å². The fourth-order valence-corrected chi connectivity index (χ4v) is 1.02. The van der Waals surface area contributed by atoms with Gasteiger partial charge in [0.05, 0.1) is 6.61 Å². The zero-order chi connectivity index (χ0) is 9.61. The molecule has 72 valence electrons. The molecule has 0 aromatic heterocycles. The second-order valence-corrected chi connectivity index (χ2v) is 3.86. The number of carbonyl (C=O) groups excluding carboxylic acids is 1. The molecule has 0 radical (unpaired) electrons. The first-order valence-electron chi connectivity index (χ1n) is 4.34. The molecule has 0 bridgehead atoms. The van der Waals surface area contributed by atoms with E-state index in [0.717, 1.165) is 13.0 Å². The Balaban J connectivity index is 3.63. The van der Waals surface area contributed by atoms with Crippen molar-refractivity contribution in [1.29, 1.82) is 0 Å². The number of ether oxygens (including phenoxy) is 1. The van der Waals surface area contributed by atoms with Crippen molar-refractivity contribution in [2.45, 2.75) is 33.6 Å². The molecule has 0 saturated carbocycles. The Hall–Kier alpha value is -0.570. The topological polar surface area (TPSA) is 52.3 Å². The summed E-state index contributed by atoms with van der Waals surface area (Å²) in [6, 6.07) is 0. The number of rotatable bonds is 6. The summed E-state index contributed by atoms with van der Waals surface area (Å²) < 4.78 is 5.34. The molecule has 1 amide bonds. The van der Waals surface area contributed by atoms with Crippen molar-refractivity contribution in [3.63, 3.8) is 0 Å². The molecule has 0 aliphatic rings. The van der Waals surface area contributed by atoms with Gasteiger partial charge in [-0.2, -0.15) is 0 Å². The first kappa shape index (κ1) is 11.4. The van der Waals surface area contributed by atoms with Gasteiger partial charge in [-0.15, -0.1) is 0 Å². The van der Waals surface area contributed by atoms with Gasteiger partial charge < -0.3 is 10.5 Å². The third-order valence-corrected chi connectivity index (χ3v) is 1.49. The van der Waals surface area contributed by atoms with E-state index >= 15 is 0 Å². The van der Waals surface area contributed by atoms with E-state index in [9.17, 15) is 4.79 Å². The first-order valence-corrected chi connectivity index (χ1v) is 4.34. The van der Waals surface area contributed by atoms with Crippen LogP contribution in [-0.4, -0.2) is 19.1 Å². The second-order valence-electron chi connectivity index (χ2n) is 3.86. The summed E-state index contributed by atoms with van der Waals surface area (Å²) in [5.41, 5.74) is 4.96. The van der Waals surface area contributed by atoms with Crippen molar-refractivity contribution in [2.75, 3.05) is 13.2 Å². The number of primary amides is 1. The molecule has 0 aromatic rings. The molecule has 0 aliphatic heterocycles. The molecule has 0 rings (SSSR count). The van der Waals surface area contributed by atoms with Gasteiger partial charge in [-0.05, 0) is 11.8 Å². The van der Waals surface area contributed by atoms with Crippen LogP contribution in [0.15, 0.2) is 0 Å². The number of hydrogen-bond acceptors (Lipinski definition) is 2. The van der Waals surface area contributed by atoms with Crippen LogP contribution in [-0.2, 0) is 9.53 Å². The molecule has 0 aromatic carbocycles. The van der Waals surface area contributed by atoms with Crippen molar-refractivity contribution in [2.24, 2.45) is 11.1 Å². The van der Waals surface area contributed by atoms with Gasteiger partial charge in [0.25, 0.3) is 0 Å². The van der Waals surface area contributed by atoms with Gasteiger partial charge in [0.2, 0.25) is 5.91 Å². The Morgan fingerprint density at radius 3 is 2.50 bits per heavy atom. The minimum Gasteiger partial charge on any atom is -0.381 e. The maximum Gasteiger partial charge on any atom is 0.218 e. The van der Waals surface area contributed by atoms with Crippen LogP contribution in [0.3, 0.4) is 0 Å². The van der Waals surface area contributed by atoms with Crippen LogP contribution in [0, 0.1) is 5.41 Å². The summed E-state index contributed by atoms with van der Waals surface area (Å²) in [6.45, 7) is 7.37. The molecule has 0 spiro atoms. The molecule has 0 aliphatic carbocycles. The largest absolute Gasteiger partial charge is 0.381 e. The zero-order valence-electron chi connectivity index (χ0n) is 8.22. The van der Waals surface area contributed by atoms with Crippen molar-refractivity contribution < 1.29 is 9.53 Å². The number of amides is 1. The first-order chi connectivity index (χ1) is 5.48. The molecule has 0 atom stereocenters. The van der Waals surface area contributed by atoms with Gasteiger partial charge in [0.1, 0.15) is 0 Å². The molecule has 0 fully saturated rings. The fraction of sp³-hybridized carbons (Fsp3) is 0.889. The van der Waals surface area contributed by atoms with E-state index in [4.69, 9.17) is 10.5 Å². The third-order valence-electron chi connectivity index (χ3n) is 1.49. The average Bonchev–Trinajstić information content (AvgIpc) is 1.84. The Kier molecular flexibility index (Phi) is 4.90. The van der Waals surface area contributed by atoms with E-state index in [1.54, 1.807) is 0 Å². The highest BCUT2D eigenvalue weighted by Crippen LogP contribution is 2.19. The van der Waals surface area contributed by atoms with E-state index in [0.29, 0.717) is 13.0 Å². The lowest BCUT2D eigenvalue weighted by Gasteiger charge is -2.22. The quantitative estimate of drug-likeness (QED) is 0.616. The maximum absolute atomic E-state index is 10.6. The summed E-state index contributed by atoms with van der Waals surface area (Å²) in [7, 11) is 0. The van der Waals surface area contributed by atoms with Crippen molar-refractivity contribution in [1.82, 2.24) is 0 Å². The number of nitrogens with two attached hydrogens (primary N) is 1. The van der Waals surface area contributed by atoms with Crippen LogP contribution in [0.5, 0.6) is 0 Å². The zero-order valence-corrected chi connectivity index (χ0v) is 8.22. The smallest absolute Gasteiger partial charge is 0.218 e. The lowest BCUT2D eigenvalue weighted by atomic mass is 9.90. The normalized spacial score (nSPS) is 11.6. The average molecular weight is 173 g/mol. The molecule has 3 heteroatoms. The standard InChI is InChI=1S/C9H19NO2/c1-4-5-12-7-9(2,3)6-8(10)11/h4-7H2,1-3H3,(H2,10,11). The van der Waals surface area contributed by atoms with Gasteiger partial charge in [-0.3, -0.25) is 4.79 Å². The minimum absolute atomic E-state index is 0.124. The van der Waals surface area contributed by atoms with E-state index in [2.05, 4.69) is 6.92 Å². The van der Waals surface area contributed by atoms with Crippen LogP contribution < -0.4 is 5.73 Å². The van der Waals surface area contributed by atoms with Gasteiger partial charge in [-0.25, -0.2) is 0 Å². The van der Waals surface area contributed by atoms with E-state index < -0.39 is 0 Å². The molecular weight excluding hydrogens is 154 g/mol. The molecular formula is C9H19NO2. The molecule has 2 N–H and O–H groups in total. The summed E-state index contributed by atoms with van der Waals surface area (Å²) in [5.74, 6) is -0.264. The molecule has 3 nitrogen and oxygen atoms in total. The van der Waals surface area contributed by atoms with E-state index in [1.807, 2.05) is 13.8 Å². The molecule has 0 heterocycles. The Morgan fingerprint density at radius 2 is 2.08 bits per heavy atom. The highest BCUT2D eigenvalue weighted by molar-refractivity contribution is 5.74. The lowest BCUT2D eigenvalue weighted by molar-refractivity contribution is -0.120. The van der Waals surface area contributed by atoms with Crippen LogP contribution >= 0.6 is 0 Å². The predicted octanol–water partition coefficient (Wildman–Crippen LogP) is 1.31. The second kappa shape index (κ2) is 5.14. The van der Waals surface area contributed by atoms with Gasteiger partial charge >= 0.3 is 0 Å². The highest BCUT2D eigenvalue weighted by atomic mass is 16.5. The maximum atomic E-state index is 10.6. The van der Waals surface area contributed by atoms with Crippen molar-refractivity contribution >= 4 is 5.91 Å². The van der Waals surface area contributed by atoms with Crippen LogP contribution in [0.4, 0.5) is 0 Å². The SMILES string of the molecule is CCCOCC(C)(C)CC(N)=O. The third kappa shape index (κ3) is 6.16. The van der Waals surface area contributed by atoms with Crippen LogP contribution in [0.1, 0.15) is 33.6 Å². The fourth-order valence-electron chi connectivity index (χ4n) is 1.02. The Labute approximate surface area is 74.3 Å². The molecule has 0 saturated heterocycles. The van der Waals surface area contributed by atoms with Gasteiger partial charge in [0, 0.05) is 13.0 Å². The Bertz CT molecular complexity index is 143. The molecule has 0 unspecified atom stereocenters. The molecule has 12 heavy (non-hydrogen) atoms. The van der Waals surface area contributed by atoms with Gasteiger partial charge in [-0.1, -0.05) is 20.8 Å². The minimum atomic E-state index is -0.264. The highest BCUT2D eigenvalue weighted by Gasteiger charge is 2.20. The predicted molar refractivity (Wildman–Crippen MR) is 48.7 cm³/mol. The number of hydrogen-bond donors (Lipinski definition) is 1. The van der Waals surface area contributed by atoms with Crippen molar-refractivity contribution in [3.05, 3.63) is 0 Å². The van der Waals surface area contributed by atoms with Gasteiger partial charge in [0.15, 0.2) is 0 Å². The summed E-state index contributed by atoms with van der Waals surface area (Å²) in [4.78, 5) is 10.6. The van der Waals surface area contributed by atoms with Crippen LogP contribution in [0.25, 0.3) is 0 Å². The summed E-state index contributed by atoms with van der Waals surface area (Å²) in [6.07, 6.45) is 1.39. The Morgan fingerprint density at radius 1 is 1.50 bits per heavy atom. The monoisotopic (exact) mass is 173 g/mol. The van der Waals surface area contributed by atoms with E-state index in [1.165, 1.54) is 0 Å². The summed E-state index contributed by atoms with van der Waals surface area (Å²) in [5, 5.41) is 0. The summed E-state index contributed by atoms with van der Waals surface area (Å²) >= 11 is 0.